The van der Waals surface area contributed by atoms with Crippen LogP contribution in [0.25, 0.3) is 0 Å². The Kier molecular flexibility index (Phi) is 3.10. The summed E-state index contributed by atoms with van der Waals surface area (Å²) < 4.78 is 1.71. The van der Waals surface area contributed by atoms with Crippen molar-refractivity contribution in [3.8, 4) is 0 Å². The van der Waals surface area contributed by atoms with Crippen molar-refractivity contribution in [2.75, 3.05) is 0 Å². The van der Waals surface area contributed by atoms with E-state index in [9.17, 15) is 4.79 Å². The second-order valence-electron chi connectivity index (χ2n) is 3.33. The number of carboxylic acids is 1. The number of carbonyl (C=O) groups is 1. The lowest BCUT2D eigenvalue weighted by atomic mass is 10.0. The van der Waals surface area contributed by atoms with Gasteiger partial charge in [-0.15, -0.1) is 12.4 Å². The lowest BCUT2D eigenvalue weighted by molar-refractivity contribution is -0.142. The summed E-state index contributed by atoms with van der Waals surface area (Å²) in [4.78, 5) is 14.9. The number of hydrogen-bond acceptors (Lipinski definition) is 3. The highest BCUT2D eigenvalue weighted by Gasteiger charge is 2.25. The molecule has 0 radical (unpaired) electrons. The highest BCUT2D eigenvalue weighted by atomic mass is 35.5. The van der Waals surface area contributed by atoms with E-state index >= 15 is 0 Å². The molecule has 1 aromatic heterocycles. The van der Waals surface area contributed by atoms with E-state index in [1.165, 1.54) is 0 Å². The molecule has 0 aromatic carbocycles. The molecule has 1 atom stereocenters. The van der Waals surface area contributed by atoms with Crippen LogP contribution in [0.15, 0.2) is 0 Å². The first-order valence-electron chi connectivity index (χ1n) is 4.30. The first-order chi connectivity index (χ1) is 6.16. The largest absolute Gasteiger partial charge is 0.481 e. The third-order valence-corrected chi connectivity index (χ3v) is 2.31. The first kappa shape index (κ1) is 11.0. The van der Waals surface area contributed by atoms with Crippen molar-refractivity contribution in [1.82, 2.24) is 14.8 Å². The fraction of sp³-hybridized carbons (Fsp3) is 0.625. The molecule has 6 heteroatoms. The summed E-state index contributed by atoms with van der Waals surface area (Å²) in [7, 11) is 0. The average Bonchev–Trinajstić information content (AvgIpc) is 2.42. The molecule has 0 amide bonds. The quantitative estimate of drug-likeness (QED) is 0.750. The fourth-order valence-electron chi connectivity index (χ4n) is 1.64. The van der Waals surface area contributed by atoms with Gasteiger partial charge < -0.3 is 5.11 Å². The van der Waals surface area contributed by atoms with E-state index in [0.29, 0.717) is 13.0 Å². The van der Waals surface area contributed by atoms with Crippen LogP contribution in [0.2, 0.25) is 0 Å². The van der Waals surface area contributed by atoms with Gasteiger partial charge in [0.2, 0.25) is 0 Å². The van der Waals surface area contributed by atoms with Crippen LogP contribution < -0.4 is 0 Å². The molecular formula is C8H12ClN3O2. The second-order valence-corrected chi connectivity index (χ2v) is 3.33. The number of hydrogen-bond donors (Lipinski definition) is 1. The van der Waals surface area contributed by atoms with E-state index in [4.69, 9.17) is 5.11 Å². The van der Waals surface area contributed by atoms with Gasteiger partial charge in [-0.05, 0) is 13.3 Å². The molecule has 0 aliphatic carbocycles. The number of aryl methyl sites for hydroxylation is 2. The van der Waals surface area contributed by atoms with Crippen molar-refractivity contribution in [3.05, 3.63) is 11.6 Å². The first-order valence-corrected chi connectivity index (χ1v) is 4.30. The lowest BCUT2D eigenvalue weighted by Gasteiger charge is -2.18. The summed E-state index contributed by atoms with van der Waals surface area (Å²) in [6.45, 7) is 2.28. The van der Waals surface area contributed by atoms with Gasteiger partial charge in [-0.2, -0.15) is 5.10 Å². The monoisotopic (exact) mass is 217 g/mol. The van der Waals surface area contributed by atoms with E-state index in [2.05, 4.69) is 10.1 Å². The minimum Gasteiger partial charge on any atom is -0.481 e. The van der Waals surface area contributed by atoms with Crippen LogP contribution >= 0.6 is 12.4 Å². The molecule has 0 saturated carbocycles. The predicted molar refractivity (Wildman–Crippen MR) is 51.5 cm³/mol. The maximum absolute atomic E-state index is 10.7. The number of rotatable bonds is 1. The van der Waals surface area contributed by atoms with Crippen molar-refractivity contribution in [2.45, 2.75) is 26.3 Å². The fourth-order valence-corrected chi connectivity index (χ4v) is 1.64. The van der Waals surface area contributed by atoms with Crippen LogP contribution in [0.3, 0.4) is 0 Å². The second kappa shape index (κ2) is 3.96. The Morgan fingerprint density at radius 3 is 3.00 bits per heavy atom. The molecule has 0 bridgehead atoms. The number of fused-ring (bicyclic) bond motifs is 1. The molecule has 1 unspecified atom stereocenters. The van der Waals surface area contributed by atoms with E-state index in [-0.39, 0.29) is 18.3 Å². The minimum absolute atomic E-state index is 0. The van der Waals surface area contributed by atoms with E-state index in [0.717, 1.165) is 18.1 Å². The Balaban J connectivity index is 0.000000980. The maximum atomic E-state index is 10.7. The van der Waals surface area contributed by atoms with Gasteiger partial charge in [-0.1, -0.05) is 0 Å². The predicted octanol–water partition coefficient (Wildman–Crippen LogP) is 0.655. The number of nitrogens with zero attached hydrogens (tertiary/aromatic N) is 3. The number of aromatic nitrogens is 3. The van der Waals surface area contributed by atoms with Crippen molar-refractivity contribution in [2.24, 2.45) is 5.92 Å². The molecule has 0 saturated heterocycles. The zero-order valence-electron chi connectivity index (χ0n) is 7.80. The van der Waals surface area contributed by atoms with Gasteiger partial charge in [0.05, 0.1) is 12.5 Å². The Labute approximate surface area is 87.6 Å². The summed E-state index contributed by atoms with van der Waals surface area (Å²) in [5, 5.41) is 12.9. The van der Waals surface area contributed by atoms with Gasteiger partial charge >= 0.3 is 5.97 Å². The third kappa shape index (κ3) is 1.87. The molecule has 1 N–H and O–H groups in total. The Morgan fingerprint density at radius 2 is 2.36 bits per heavy atom. The molecular weight excluding hydrogens is 206 g/mol. The van der Waals surface area contributed by atoms with Gasteiger partial charge in [0.1, 0.15) is 11.6 Å². The smallest absolute Gasteiger partial charge is 0.308 e. The van der Waals surface area contributed by atoms with Gasteiger partial charge in [0, 0.05) is 6.42 Å². The van der Waals surface area contributed by atoms with Gasteiger partial charge in [0.25, 0.3) is 0 Å². The molecule has 2 heterocycles. The summed E-state index contributed by atoms with van der Waals surface area (Å²) >= 11 is 0. The van der Waals surface area contributed by atoms with E-state index in [1.807, 2.05) is 6.92 Å². The van der Waals surface area contributed by atoms with Gasteiger partial charge in [0.15, 0.2) is 0 Å². The summed E-state index contributed by atoms with van der Waals surface area (Å²) in [5.41, 5.74) is 0. The van der Waals surface area contributed by atoms with Crippen LogP contribution in [0.4, 0.5) is 0 Å². The van der Waals surface area contributed by atoms with Crippen LogP contribution in [0.1, 0.15) is 18.1 Å². The number of carboxylic acid groups (broad SMARTS) is 1. The van der Waals surface area contributed by atoms with Gasteiger partial charge in [-0.25, -0.2) is 9.67 Å². The third-order valence-electron chi connectivity index (χ3n) is 2.31. The minimum atomic E-state index is -0.737. The maximum Gasteiger partial charge on any atom is 0.308 e. The highest BCUT2D eigenvalue weighted by Crippen LogP contribution is 2.18. The Bertz CT molecular complexity index is 350. The van der Waals surface area contributed by atoms with Crippen molar-refractivity contribution in [1.29, 1.82) is 0 Å². The normalized spacial score (nSPS) is 19.6. The molecule has 5 nitrogen and oxygen atoms in total. The average molecular weight is 218 g/mol. The van der Waals surface area contributed by atoms with E-state index < -0.39 is 5.97 Å². The highest BCUT2D eigenvalue weighted by molar-refractivity contribution is 5.85. The molecule has 14 heavy (non-hydrogen) atoms. The van der Waals surface area contributed by atoms with E-state index in [1.54, 1.807) is 4.68 Å². The van der Waals surface area contributed by atoms with Crippen LogP contribution in [-0.2, 0) is 17.8 Å². The molecule has 2 rings (SSSR count). The zero-order valence-corrected chi connectivity index (χ0v) is 8.62. The van der Waals surface area contributed by atoms with Crippen molar-refractivity contribution >= 4 is 18.4 Å². The summed E-state index contributed by atoms with van der Waals surface area (Å²) in [5.74, 6) is 0.600. The zero-order chi connectivity index (χ0) is 9.42. The topological polar surface area (TPSA) is 68.0 Å². The molecule has 0 spiro atoms. The SMILES string of the molecule is Cc1nc2n(n1)CC(C(=O)O)CC2.Cl. The Hall–Kier alpha value is -1.10. The van der Waals surface area contributed by atoms with Gasteiger partial charge in [-0.3, -0.25) is 4.79 Å². The van der Waals surface area contributed by atoms with Crippen LogP contribution in [-0.4, -0.2) is 25.8 Å². The van der Waals surface area contributed by atoms with Crippen molar-refractivity contribution in [3.63, 3.8) is 0 Å². The van der Waals surface area contributed by atoms with Crippen LogP contribution in [0.5, 0.6) is 0 Å². The van der Waals surface area contributed by atoms with Crippen molar-refractivity contribution < 1.29 is 9.90 Å². The molecule has 1 aliphatic rings. The molecule has 1 aliphatic heterocycles. The molecule has 1 aromatic rings. The molecule has 78 valence electrons. The summed E-state index contributed by atoms with van der Waals surface area (Å²) in [6.07, 6.45) is 1.39. The standard InChI is InChI=1S/C8H11N3O2.ClH/c1-5-9-7-3-2-6(8(12)13)4-11(7)10-5;/h6H,2-4H2,1H3,(H,12,13);1H. The number of halogens is 1. The molecule has 0 fully saturated rings. The van der Waals surface area contributed by atoms with Crippen LogP contribution in [0, 0.1) is 12.8 Å². The lowest BCUT2D eigenvalue weighted by Crippen LogP contribution is -2.27. The number of aliphatic carboxylic acids is 1. The summed E-state index contributed by atoms with van der Waals surface area (Å²) in [6, 6.07) is 0. The Morgan fingerprint density at radius 1 is 1.64 bits per heavy atom.